The van der Waals surface area contributed by atoms with Gasteiger partial charge >= 0.3 is 5.97 Å². The molecule has 1 atom stereocenters. The van der Waals surface area contributed by atoms with E-state index in [0.29, 0.717) is 28.9 Å². The molecule has 2 aromatic carbocycles. The first kappa shape index (κ1) is 16.8. The minimum atomic E-state index is -0.576. The third kappa shape index (κ3) is 3.40. The summed E-state index contributed by atoms with van der Waals surface area (Å²) in [6, 6.07) is 13.0. The molecule has 0 fully saturated rings. The topological polar surface area (TPSA) is 55.0 Å². The van der Waals surface area contributed by atoms with Gasteiger partial charge in [0.15, 0.2) is 0 Å². The highest BCUT2D eigenvalue weighted by Gasteiger charge is 2.27. The molecule has 0 saturated heterocycles. The summed E-state index contributed by atoms with van der Waals surface area (Å²) in [5, 5.41) is 0.908. The molecule has 0 aliphatic heterocycles. The molecule has 0 spiro atoms. The summed E-state index contributed by atoms with van der Waals surface area (Å²) in [6.07, 6.45) is 0.359. The van der Waals surface area contributed by atoms with E-state index in [1.165, 1.54) is 0 Å². The van der Waals surface area contributed by atoms with E-state index in [1.807, 2.05) is 36.4 Å². The molecule has 6 heteroatoms. The highest BCUT2D eigenvalue weighted by Crippen LogP contribution is 2.30. The van der Waals surface area contributed by atoms with Crippen LogP contribution in [0.5, 0.6) is 0 Å². The Kier molecular flexibility index (Phi) is 5.07. The number of fused-ring (bicyclic) bond motifs is 1. The Morgan fingerprint density at radius 3 is 2.75 bits per heavy atom. The van der Waals surface area contributed by atoms with Gasteiger partial charge in [-0.05, 0) is 37.1 Å². The lowest BCUT2D eigenvalue weighted by Crippen LogP contribution is -2.19. The summed E-state index contributed by atoms with van der Waals surface area (Å²) in [4.78, 5) is 20.2. The highest BCUT2D eigenvalue weighted by molar-refractivity contribution is 6.42. The third-order valence-corrected chi connectivity index (χ3v) is 4.62. The molecule has 124 valence electrons. The summed E-state index contributed by atoms with van der Waals surface area (Å²) in [7, 11) is 0. The molecule has 1 heterocycles. The molecular formula is C18H16Cl2N2O2. The summed E-state index contributed by atoms with van der Waals surface area (Å²) < 4.78 is 5.22. The van der Waals surface area contributed by atoms with Crippen LogP contribution in [0.4, 0.5) is 0 Å². The van der Waals surface area contributed by atoms with Crippen LogP contribution < -0.4 is 0 Å². The number of aromatic amines is 1. The lowest BCUT2D eigenvalue weighted by molar-refractivity contribution is -0.145. The smallest absolute Gasteiger partial charge is 0.316 e. The highest BCUT2D eigenvalue weighted by atomic mass is 35.5. The molecule has 1 N–H and O–H groups in total. The summed E-state index contributed by atoms with van der Waals surface area (Å²) >= 11 is 12.3. The predicted octanol–water partition coefficient (Wildman–Crippen LogP) is 4.76. The van der Waals surface area contributed by atoms with Gasteiger partial charge in [-0.1, -0.05) is 47.5 Å². The first-order valence-electron chi connectivity index (χ1n) is 7.64. The van der Waals surface area contributed by atoms with Crippen molar-refractivity contribution in [1.82, 2.24) is 9.97 Å². The maximum atomic E-state index is 12.5. The van der Waals surface area contributed by atoms with Crippen molar-refractivity contribution < 1.29 is 9.53 Å². The van der Waals surface area contributed by atoms with Crippen molar-refractivity contribution in [2.24, 2.45) is 0 Å². The monoisotopic (exact) mass is 362 g/mol. The van der Waals surface area contributed by atoms with E-state index in [2.05, 4.69) is 9.97 Å². The van der Waals surface area contributed by atoms with Gasteiger partial charge in [0, 0.05) is 0 Å². The first-order valence-corrected chi connectivity index (χ1v) is 8.40. The van der Waals surface area contributed by atoms with Crippen LogP contribution >= 0.6 is 23.2 Å². The molecule has 0 aliphatic carbocycles. The summed E-state index contributed by atoms with van der Waals surface area (Å²) in [5.74, 6) is -0.355. The average Bonchev–Trinajstić information content (AvgIpc) is 3.00. The van der Waals surface area contributed by atoms with Crippen LogP contribution in [0, 0.1) is 0 Å². The number of esters is 1. The van der Waals surface area contributed by atoms with Crippen molar-refractivity contribution in [3.8, 4) is 0 Å². The molecular weight excluding hydrogens is 347 g/mol. The Balaban J connectivity index is 1.99. The fourth-order valence-electron chi connectivity index (χ4n) is 2.60. The van der Waals surface area contributed by atoms with E-state index in [0.717, 1.165) is 16.6 Å². The van der Waals surface area contributed by atoms with E-state index in [9.17, 15) is 4.79 Å². The second-order valence-corrected chi connectivity index (χ2v) is 6.15. The Morgan fingerprint density at radius 2 is 2.00 bits per heavy atom. The Bertz CT molecular complexity index is 843. The van der Waals surface area contributed by atoms with E-state index >= 15 is 0 Å². The minimum absolute atomic E-state index is 0.304. The molecule has 24 heavy (non-hydrogen) atoms. The minimum Gasteiger partial charge on any atom is -0.465 e. The number of nitrogens with zero attached hydrogens (tertiary/aromatic N) is 1. The number of halogens is 2. The van der Waals surface area contributed by atoms with Gasteiger partial charge in [0.05, 0.1) is 27.7 Å². The number of aromatic nitrogens is 2. The molecule has 0 saturated carbocycles. The molecule has 0 bridgehead atoms. The quantitative estimate of drug-likeness (QED) is 0.665. The number of carbonyl (C=O) groups excluding carboxylic acids is 1. The van der Waals surface area contributed by atoms with Crippen molar-refractivity contribution >= 4 is 40.2 Å². The molecule has 0 amide bonds. The van der Waals surface area contributed by atoms with Crippen LogP contribution in [0.15, 0.2) is 42.5 Å². The van der Waals surface area contributed by atoms with Gasteiger partial charge in [-0.3, -0.25) is 4.79 Å². The van der Waals surface area contributed by atoms with Gasteiger partial charge in [-0.25, -0.2) is 4.98 Å². The number of ether oxygens (including phenoxy) is 1. The Morgan fingerprint density at radius 1 is 1.21 bits per heavy atom. The van der Waals surface area contributed by atoms with Gasteiger partial charge < -0.3 is 9.72 Å². The molecule has 0 aliphatic rings. The van der Waals surface area contributed by atoms with E-state index < -0.39 is 5.92 Å². The van der Waals surface area contributed by atoms with Crippen molar-refractivity contribution in [2.75, 3.05) is 6.61 Å². The van der Waals surface area contributed by atoms with Crippen molar-refractivity contribution in [3.05, 3.63) is 63.9 Å². The van der Waals surface area contributed by atoms with Crippen LogP contribution in [0.25, 0.3) is 11.0 Å². The maximum Gasteiger partial charge on any atom is 0.316 e. The second kappa shape index (κ2) is 7.24. The first-order chi connectivity index (χ1) is 11.6. The molecule has 0 radical (unpaired) electrons. The number of rotatable bonds is 5. The van der Waals surface area contributed by atoms with E-state index in [-0.39, 0.29) is 5.97 Å². The summed E-state index contributed by atoms with van der Waals surface area (Å²) in [6.45, 7) is 2.08. The standard InChI is InChI=1S/C18H16Cl2N2O2/c1-2-24-18(23)12(10-11-6-5-7-13(19)16(11)20)17-21-14-8-3-4-9-15(14)22-17/h3-9,12H,2,10H2,1H3,(H,21,22)/t12-/m0/s1. The van der Waals surface area contributed by atoms with Crippen molar-refractivity contribution in [2.45, 2.75) is 19.3 Å². The number of hydrogen-bond donors (Lipinski definition) is 1. The lowest BCUT2D eigenvalue weighted by Gasteiger charge is -2.14. The Hall–Kier alpha value is -2.04. The predicted molar refractivity (Wildman–Crippen MR) is 95.6 cm³/mol. The third-order valence-electron chi connectivity index (χ3n) is 3.76. The van der Waals surface area contributed by atoms with Crippen LogP contribution in [0.1, 0.15) is 24.2 Å². The van der Waals surface area contributed by atoms with Gasteiger partial charge in [0.2, 0.25) is 0 Å². The average molecular weight is 363 g/mol. The molecule has 3 aromatic rings. The second-order valence-electron chi connectivity index (χ2n) is 5.36. The number of hydrogen-bond acceptors (Lipinski definition) is 3. The zero-order valence-electron chi connectivity index (χ0n) is 13.1. The molecule has 3 rings (SSSR count). The van der Waals surface area contributed by atoms with Gasteiger partial charge in [-0.2, -0.15) is 0 Å². The number of imidazole rings is 1. The van der Waals surface area contributed by atoms with E-state index in [4.69, 9.17) is 27.9 Å². The fourth-order valence-corrected chi connectivity index (χ4v) is 3.00. The number of nitrogens with one attached hydrogen (secondary N) is 1. The number of H-pyrrole nitrogens is 1. The summed E-state index contributed by atoms with van der Waals surface area (Å²) in [5.41, 5.74) is 2.46. The largest absolute Gasteiger partial charge is 0.465 e. The zero-order valence-corrected chi connectivity index (χ0v) is 14.6. The van der Waals surface area contributed by atoms with Gasteiger partial charge in [0.1, 0.15) is 11.7 Å². The van der Waals surface area contributed by atoms with Crippen molar-refractivity contribution in [1.29, 1.82) is 0 Å². The van der Waals surface area contributed by atoms with E-state index in [1.54, 1.807) is 13.0 Å². The van der Waals surface area contributed by atoms with Crippen LogP contribution in [0.3, 0.4) is 0 Å². The normalized spacial score (nSPS) is 12.3. The molecule has 1 aromatic heterocycles. The van der Waals surface area contributed by atoms with Gasteiger partial charge in [0.25, 0.3) is 0 Å². The zero-order chi connectivity index (χ0) is 17.1. The van der Waals surface area contributed by atoms with Gasteiger partial charge in [-0.15, -0.1) is 0 Å². The van der Waals surface area contributed by atoms with Crippen LogP contribution in [0.2, 0.25) is 10.0 Å². The fraction of sp³-hybridized carbons (Fsp3) is 0.222. The molecule has 4 nitrogen and oxygen atoms in total. The number of benzene rings is 2. The number of carbonyl (C=O) groups is 1. The van der Waals surface area contributed by atoms with Crippen LogP contribution in [-0.2, 0) is 16.0 Å². The van der Waals surface area contributed by atoms with Crippen LogP contribution in [-0.4, -0.2) is 22.5 Å². The number of para-hydroxylation sites is 2. The SMILES string of the molecule is CCOC(=O)[C@@H](Cc1cccc(Cl)c1Cl)c1nc2ccccc2[nH]1. The lowest BCUT2D eigenvalue weighted by atomic mass is 9.98. The Labute approximate surface area is 149 Å². The van der Waals surface area contributed by atoms with Crippen molar-refractivity contribution in [3.63, 3.8) is 0 Å². The molecule has 0 unspecified atom stereocenters. The maximum absolute atomic E-state index is 12.5.